The van der Waals surface area contributed by atoms with Crippen LogP contribution in [0.3, 0.4) is 0 Å². The van der Waals surface area contributed by atoms with Gasteiger partial charge in [-0.25, -0.2) is 0 Å². The molecule has 0 bridgehead atoms. The van der Waals surface area contributed by atoms with Crippen LogP contribution in [0.2, 0.25) is 10.0 Å². The fraction of sp³-hybridized carbons (Fsp3) is 0.125. The lowest BCUT2D eigenvalue weighted by Gasteiger charge is -2.20. The second kappa shape index (κ2) is 8.79. The van der Waals surface area contributed by atoms with Crippen molar-refractivity contribution in [1.29, 1.82) is 0 Å². The molecule has 0 atom stereocenters. The zero-order chi connectivity index (χ0) is 22.2. The Morgan fingerprint density at radius 1 is 1.09 bits per heavy atom. The average Bonchev–Trinajstić information content (AvgIpc) is 3.08. The van der Waals surface area contributed by atoms with E-state index in [4.69, 9.17) is 42.1 Å². The van der Waals surface area contributed by atoms with Gasteiger partial charge in [-0.1, -0.05) is 45.2 Å². The summed E-state index contributed by atoms with van der Waals surface area (Å²) in [6.45, 7) is 0.795. The number of allylic oxidation sites excluding steroid dienone is 1. The molecule has 32 heavy (non-hydrogen) atoms. The van der Waals surface area contributed by atoms with E-state index in [1.165, 1.54) is 0 Å². The summed E-state index contributed by atoms with van der Waals surface area (Å²) < 4.78 is 23.6. The number of carbonyl (C=O) groups is 1. The molecule has 3 aromatic rings. The van der Waals surface area contributed by atoms with Crippen LogP contribution in [0.1, 0.15) is 27.0 Å². The van der Waals surface area contributed by atoms with Gasteiger partial charge in [-0.3, -0.25) is 4.79 Å². The number of hydrogen-bond acceptors (Lipinski definition) is 5. The van der Waals surface area contributed by atoms with Crippen molar-refractivity contribution in [3.05, 3.63) is 91.1 Å². The second-order valence-corrected chi connectivity index (χ2v) is 8.91. The number of rotatable bonds is 4. The second-order valence-electron chi connectivity index (χ2n) is 7.18. The molecule has 0 spiro atoms. The minimum atomic E-state index is -0.207. The number of carbonyl (C=O) groups excluding carboxylic acids is 1. The van der Waals surface area contributed by atoms with Crippen molar-refractivity contribution in [2.24, 2.45) is 0 Å². The number of fused-ring (bicyclic) bond motifs is 2. The molecule has 0 fully saturated rings. The summed E-state index contributed by atoms with van der Waals surface area (Å²) in [4.78, 5) is 12.9. The zero-order valence-electron chi connectivity index (χ0n) is 16.5. The molecule has 0 saturated heterocycles. The molecule has 8 heteroatoms. The van der Waals surface area contributed by atoms with Crippen LogP contribution in [0.5, 0.6) is 17.2 Å². The molecule has 0 aromatic heterocycles. The third-order valence-corrected chi connectivity index (χ3v) is 6.24. The van der Waals surface area contributed by atoms with E-state index in [1.807, 2.05) is 12.1 Å². The van der Waals surface area contributed by atoms with Crippen molar-refractivity contribution in [1.82, 2.24) is 0 Å². The van der Waals surface area contributed by atoms with Crippen molar-refractivity contribution in [2.75, 3.05) is 6.79 Å². The molecule has 2 heterocycles. The Kier molecular flexibility index (Phi) is 5.86. The Labute approximate surface area is 202 Å². The lowest BCUT2D eigenvalue weighted by Crippen LogP contribution is -2.12. The lowest BCUT2D eigenvalue weighted by molar-refractivity contribution is -0.0165. The number of hydrogen-bond donors (Lipinski definition) is 0. The monoisotopic (exact) mass is 532 g/mol. The van der Waals surface area contributed by atoms with E-state index in [9.17, 15) is 4.79 Å². The quantitative estimate of drug-likeness (QED) is 0.344. The van der Waals surface area contributed by atoms with E-state index in [0.29, 0.717) is 45.0 Å². The molecule has 5 nitrogen and oxygen atoms in total. The van der Waals surface area contributed by atoms with E-state index >= 15 is 0 Å². The van der Waals surface area contributed by atoms with Gasteiger partial charge in [-0.05, 0) is 42.5 Å². The summed E-state index contributed by atoms with van der Waals surface area (Å²) in [6, 6.07) is 14.2. The standard InChI is InChI=1S/C24H15BrCl2O5/c25-15-6-13(24-14(7-15)10-29-12-31-24)8-22-23(28)17-5-4-16(9-21(17)32-22)30-11-18-19(26)2-1-3-20(18)27/h1-9H,10-12H2/b22-8-. The van der Waals surface area contributed by atoms with Crippen molar-refractivity contribution in [3.63, 3.8) is 0 Å². The topological polar surface area (TPSA) is 54.0 Å². The molecule has 0 amide bonds. The molecule has 3 aromatic carbocycles. The zero-order valence-corrected chi connectivity index (χ0v) is 19.6. The molecule has 0 aliphatic carbocycles. The maximum Gasteiger partial charge on any atom is 0.231 e. The van der Waals surface area contributed by atoms with Gasteiger partial charge >= 0.3 is 0 Å². The number of Topliss-reactive ketones (excluding diaryl/α,β-unsaturated/α-hetero) is 1. The highest BCUT2D eigenvalue weighted by molar-refractivity contribution is 9.10. The molecular formula is C24H15BrCl2O5. The molecule has 0 unspecified atom stereocenters. The highest BCUT2D eigenvalue weighted by Crippen LogP contribution is 2.38. The van der Waals surface area contributed by atoms with Crippen molar-refractivity contribution in [3.8, 4) is 17.2 Å². The van der Waals surface area contributed by atoms with Crippen LogP contribution in [0.25, 0.3) is 6.08 Å². The first-order valence-electron chi connectivity index (χ1n) is 9.66. The van der Waals surface area contributed by atoms with Gasteiger partial charge in [-0.2, -0.15) is 0 Å². The molecular weight excluding hydrogens is 519 g/mol. The van der Waals surface area contributed by atoms with Gasteiger partial charge in [-0.15, -0.1) is 0 Å². The first-order valence-corrected chi connectivity index (χ1v) is 11.2. The fourth-order valence-electron chi connectivity index (χ4n) is 3.54. The number of ether oxygens (including phenoxy) is 4. The normalized spacial score (nSPS) is 15.7. The van der Waals surface area contributed by atoms with Crippen LogP contribution in [0.15, 0.2) is 58.8 Å². The first-order chi connectivity index (χ1) is 15.5. The lowest BCUT2D eigenvalue weighted by atomic mass is 10.1. The summed E-state index contributed by atoms with van der Waals surface area (Å²) in [5.74, 6) is 1.65. The summed E-state index contributed by atoms with van der Waals surface area (Å²) >= 11 is 15.9. The van der Waals surface area contributed by atoms with Crippen LogP contribution in [0.4, 0.5) is 0 Å². The molecule has 2 aliphatic heterocycles. The predicted octanol–water partition coefficient (Wildman–Crippen LogP) is 6.82. The molecule has 5 rings (SSSR count). The largest absolute Gasteiger partial charge is 0.489 e. The van der Waals surface area contributed by atoms with Crippen LogP contribution in [-0.2, 0) is 18.0 Å². The van der Waals surface area contributed by atoms with Crippen LogP contribution in [-0.4, -0.2) is 12.6 Å². The Bertz CT molecular complexity index is 1250. The molecule has 0 radical (unpaired) electrons. The molecule has 0 N–H and O–H groups in total. The van der Waals surface area contributed by atoms with Gasteiger partial charge < -0.3 is 18.9 Å². The number of ketones is 1. The average molecular weight is 534 g/mol. The molecule has 0 saturated carbocycles. The fourth-order valence-corrected chi connectivity index (χ4v) is 4.57. The van der Waals surface area contributed by atoms with Crippen molar-refractivity contribution < 1.29 is 23.7 Å². The summed E-state index contributed by atoms with van der Waals surface area (Å²) in [7, 11) is 0. The van der Waals surface area contributed by atoms with Crippen LogP contribution < -0.4 is 14.2 Å². The Morgan fingerprint density at radius 3 is 2.72 bits per heavy atom. The summed E-state index contributed by atoms with van der Waals surface area (Å²) in [5, 5.41) is 1.06. The summed E-state index contributed by atoms with van der Waals surface area (Å²) in [6.07, 6.45) is 1.68. The van der Waals surface area contributed by atoms with Gasteiger partial charge in [0.05, 0.1) is 12.2 Å². The molecule has 2 aliphatic rings. The van der Waals surface area contributed by atoms with E-state index < -0.39 is 0 Å². The third-order valence-electron chi connectivity index (χ3n) is 5.08. The minimum Gasteiger partial charge on any atom is -0.489 e. The SMILES string of the molecule is O=C1/C(=C/c2cc(Br)cc3c2OCOC3)Oc2cc(OCc3c(Cl)cccc3Cl)ccc21. The maximum absolute atomic E-state index is 12.9. The molecule has 162 valence electrons. The van der Waals surface area contributed by atoms with E-state index in [-0.39, 0.29) is 24.9 Å². The van der Waals surface area contributed by atoms with E-state index in [2.05, 4.69) is 15.9 Å². The van der Waals surface area contributed by atoms with Gasteiger partial charge in [0.25, 0.3) is 0 Å². The maximum atomic E-state index is 12.9. The Hall–Kier alpha value is -2.51. The predicted molar refractivity (Wildman–Crippen MR) is 125 cm³/mol. The Balaban J connectivity index is 1.39. The van der Waals surface area contributed by atoms with Crippen LogP contribution >= 0.6 is 39.1 Å². The van der Waals surface area contributed by atoms with Gasteiger partial charge in [0, 0.05) is 37.3 Å². The highest BCUT2D eigenvalue weighted by atomic mass is 79.9. The van der Waals surface area contributed by atoms with Gasteiger partial charge in [0.15, 0.2) is 12.6 Å². The van der Waals surface area contributed by atoms with E-state index in [0.717, 1.165) is 15.6 Å². The van der Waals surface area contributed by atoms with Gasteiger partial charge in [0.1, 0.15) is 23.9 Å². The van der Waals surface area contributed by atoms with Gasteiger partial charge in [0.2, 0.25) is 5.78 Å². The highest BCUT2D eigenvalue weighted by Gasteiger charge is 2.29. The summed E-state index contributed by atoms with van der Waals surface area (Å²) in [5.41, 5.74) is 2.79. The number of benzene rings is 3. The van der Waals surface area contributed by atoms with Crippen molar-refractivity contribution >= 4 is 51.0 Å². The number of halogens is 3. The minimum absolute atomic E-state index is 0.163. The Morgan fingerprint density at radius 2 is 1.91 bits per heavy atom. The van der Waals surface area contributed by atoms with E-state index in [1.54, 1.807) is 42.5 Å². The third kappa shape index (κ3) is 4.11. The smallest absolute Gasteiger partial charge is 0.231 e. The first kappa shape index (κ1) is 21.3. The van der Waals surface area contributed by atoms with Crippen LogP contribution in [0, 0.1) is 0 Å². The van der Waals surface area contributed by atoms with Crippen molar-refractivity contribution in [2.45, 2.75) is 13.2 Å².